The fraction of sp³-hybridized carbons (Fsp3) is 0.571. The van der Waals surface area contributed by atoms with Crippen molar-refractivity contribution in [1.82, 2.24) is 15.1 Å². The van der Waals surface area contributed by atoms with Gasteiger partial charge in [0, 0.05) is 51.3 Å². The largest absolute Gasteiger partial charge is 0.357 e. The summed E-state index contributed by atoms with van der Waals surface area (Å²) in [5.74, 6) is 1.02. The molecule has 1 aliphatic rings. The van der Waals surface area contributed by atoms with Gasteiger partial charge in [-0.25, -0.2) is 4.99 Å². The van der Waals surface area contributed by atoms with Crippen LogP contribution < -0.4 is 10.6 Å². The van der Waals surface area contributed by atoms with Gasteiger partial charge in [0.1, 0.15) is 0 Å². The predicted molar refractivity (Wildman–Crippen MR) is 113 cm³/mol. The molecule has 1 aromatic carbocycles. The van der Waals surface area contributed by atoms with Gasteiger partial charge in [-0.1, -0.05) is 26.0 Å². The highest BCUT2D eigenvalue weighted by molar-refractivity contribution is 5.92. The maximum absolute atomic E-state index is 12.1. The van der Waals surface area contributed by atoms with Crippen molar-refractivity contribution in [1.29, 1.82) is 0 Å². The third-order valence-electron chi connectivity index (χ3n) is 5.03. The van der Waals surface area contributed by atoms with E-state index < -0.39 is 0 Å². The Morgan fingerprint density at radius 3 is 2.43 bits per heavy atom. The summed E-state index contributed by atoms with van der Waals surface area (Å²) in [4.78, 5) is 32.4. The molecule has 7 nitrogen and oxygen atoms in total. The molecule has 28 heavy (non-hydrogen) atoms. The van der Waals surface area contributed by atoms with Gasteiger partial charge in [-0.2, -0.15) is 0 Å². The highest BCUT2D eigenvalue weighted by atomic mass is 16.2. The van der Waals surface area contributed by atoms with Crippen LogP contribution in [0.5, 0.6) is 0 Å². The molecule has 2 N–H and O–H groups in total. The molecule has 2 amide bonds. The van der Waals surface area contributed by atoms with Gasteiger partial charge >= 0.3 is 0 Å². The van der Waals surface area contributed by atoms with Gasteiger partial charge in [-0.15, -0.1) is 0 Å². The van der Waals surface area contributed by atoms with Crippen molar-refractivity contribution in [3.05, 3.63) is 29.8 Å². The number of nitrogens with zero attached hydrogens (tertiary/aromatic N) is 3. The number of nitrogens with one attached hydrogen (secondary N) is 2. The number of benzene rings is 1. The van der Waals surface area contributed by atoms with Crippen LogP contribution >= 0.6 is 0 Å². The summed E-state index contributed by atoms with van der Waals surface area (Å²) < 4.78 is 0. The monoisotopic (exact) mass is 387 g/mol. The molecule has 0 radical (unpaired) electrons. The highest BCUT2D eigenvalue weighted by Crippen LogP contribution is 2.14. The number of piperazine rings is 1. The number of anilines is 1. The minimum absolute atomic E-state index is 0.00398. The summed E-state index contributed by atoms with van der Waals surface area (Å²) in [6, 6.07) is 7.83. The third kappa shape index (κ3) is 6.25. The number of rotatable bonds is 6. The third-order valence-corrected chi connectivity index (χ3v) is 5.03. The minimum atomic E-state index is -0.00398. The molecule has 0 aromatic heterocycles. The van der Waals surface area contributed by atoms with E-state index in [1.54, 1.807) is 6.92 Å². The predicted octanol–water partition coefficient (Wildman–Crippen LogP) is 2.30. The van der Waals surface area contributed by atoms with Crippen molar-refractivity contribution in [3.63, 3.8) is 0 Å². The second-order valence-electron chi connectivity index (χ2n) is 7.16. The van der Waals surface area contributed by atoms with Gasteiger partial charge in [0.2, 0.25) is 11.8 Å². The van der Waals surface area contributed by atoms with Crippen LogP contribution in [0.1, 0.15) is 39.7 Å². The van der Waals surface area contributed by atoms with Gasteiger partial charge in [0.15, 0.2) is 5.96 Å². The van der Waals surface area contributed by atoms with Crippen molar-refractivity contribution >= 4 is 23.5 Å². The van der Waals surface area contributed by atoms with E-state index in [9.17, 15) is 9.59 Å². The SMILES string of the molecule is CCNC(=NCc1cccc(NC(=O)C(C)CC)c1)N1CCN(C(C)=O)CC1. The van der Waals surface area contributed by atoms with Crippen LogP contribution in [0.25, 0.3) is 0 Å². The molecular formula is C21H33N5O2. The topological polar surface area (TPSA) is 77.0 Å². The second kappa shape index (κ2) is 10.7. The van der Waals surface area contributed by atoms with Crippen LogP contribution in [-0.2, 0) is 16.1 Å². The average molecular weight is 388 g/mol. The first kappa shape index (κ1) is 21.7. The molecule has 154 valence electrons. The molecule has 1 aromatic rings. The van der Waals surface area contributed by atoms with Crippen molar-refractivity contribution in [2.75, 3.05) is 38.0 Å². The molecule has 1 atom stereocenters. The zero-order valence-corrected chi connectivity index (χ0v) is 17.5. The van der Waals surface area contributed by atoms with E-state index >= 15 is 0 Å². The second-order valence-corrected chi connectivity index (χ2v) is 7.16. The zero-order chi connectivity index (χ0) is 20.5. The quantitative estimate of drug-likeness (QED) is 0.580. The molecule has 1 fully saturated rings. The van der Waals surface area contributed by atoms with Gasteiger partial charge in [-0.05, 0) is 31.0 Å². The fourth-order valence-corrected chi connectivity index (χ4v) is 3.02. The van der Waals surface area contributed by atoms with Crippen LogP contribution in [0.2, 0.25) is 0 Å². The lowest BCUT2D eigenvalue weighted by molar-refractivity contribution is -0.130. The number of carbonyl (C=O) groups excluding carboxylic acids is 2. The van der Waals surface area contributed by atoms with Gasteiger partial charge in [-0.3, -0.25) is 9.59 Å². The summed E-state index contributed by atoms with van der Waals surface area (Å²) in [6.45, 7) is 11.9. The van der Waals surface area contributed by atoms with Crippen LogP contribution in [0.3, 0.4) is 0 Å². The Kier molecular flexibility index (Phi) is 8.29. The number of hydrogen-bond acceptors (Lipinski definition) is 3. The first-order valence-corrected chi connectivity index (χ1v) is 10.1. The van der Waals surface area contributed by atoms with E-state index in [0.29, 0.717) is 6.54 Å². The highest BCUT2D eigenvalue weighted by Gasteiger charge is 2.20. The van der Waals surface area contributed by atoms with Gasteiger partial charge in [0.05, 0.1) is 6.54 Å². The van der Waals surface area contributed by atoms with Crippen LogP contribution in [0.4, 0.5) is 5.69 Å². The maximum Gasteiger partial charge on any atom is 0.227 e. The molecule has 0 bridgehead atoms. The van der Waals surface area contributed by atoms with Gasteiger partial charge in [0.25, 0.3) is 0 Å². The molecule has 1 saturated heterocycles. The van der Waals surface area contributed by atoms with Crippen molar-refractivity contribution < 1.29 is 9.59 Å². The van der Waals surface area contributed by atoms with Crippen LogP contribution in [-0.4, -0.2) is 60.3 Å². The number of aliphatic imine (C=N–C) groups is 1. The molecule has 1 aliphatic heterocycles. The molecule has 0 saturated carbocycles. The number of amides is 2. The Hall–Kier alpha value is -2.57. The van der Waals surface area contributed by atoms with Crippen molar-refractivity contribution in [2.24, 2.45) is 10.9 Å². The number of guanidine groups is 1. The Morgan fingerprint density at radius 1 is 1.14 bits per heavy atom. The lowest BCUT2D eigenvalue weighted by Gasteiger charge is -2.36. The molecule has 0 spiro atoms. The summed E-state index contributed by atoms with van der Waals surface area (Å²) in [7, 11) is 0. The number of carbonyl (C=O) groups is 2. The smallest absolute Gasteiger partial charge is 0.227 e. The lowest BCUT2D eigenvalue weighted by Crippen LogP contribution is -2.53. The molecule has 0 aliphatic carbocycles. The van der Waals surface area contributed by atoms with E-state index in [1.807, 2.05) is 49.9 Å². The Balaban J connectivity index is 2.02. The van der Waals surface area contributed by atoms with E-state index in [-0.39, 0.29) is 17.7 Å². The maximum atomic E-state index is 12.1. The molecule has 1 heterocycles. The first-order chi connectivity index (χ1) is 13.4. The van der Waals surface area contributed by atoms with Crippen LogP contribution in [0, 0.1) is 5.92 Å². The molecule has 7 heteroatoms. The Labute approximate surface area is 168 Å². The summed E-state index contributed by atoms with van der Waals surface area (Å²) in [5.41, 5.74) is 1.85. The summed E-state index contributed by atoms with van der Waals surface area (Å²) in [6.07, 6.45) is 0.818. The first-order valence-electron chi connectivity index (χ1n) is 10.1. The normalized spacial score (nSPS) is 15.9. The molecule has 1 unspecified atom stereocenters. The minimum Gasteiger partial charge on any atom is -0.357 e. The van der Waals surface area contributed by atoms with Gasteiger partial charge < -0.3 is 20.4 Å². The standard InChI is InChI=1S/C21H33N5O2/c1-5-16(3)20(28)24-19-9-7-8-18(14-19)15-23-21(22-6-2)26-12-10-25(11-13-26)17(4)27/h7-9,14,16H,5-6,10-13,15H2,1-4H3,(H,22,23)(H,24,28). The molecular weight excluding hydrogens is 354 g/mol. The zero-order valence-electron chi connectivity index (χ0n) is 17.5. The lowest BCUT2D eigenvalue weighted by atomic mass is 10.1. The summed E-state index contributed by atoms with van der Waals surface area (Å²) in [5, 5.41) is 6.31. The van der Waals surface area contributed by atoms with E-state index in [4.69, 9.17) is 4.99 Å². The van der Waals surface area contributed by atoms with Crippen LogP contribution in [0.15, 0.2) is 29.3 Å². The van der Waals surface area contributed by atoms with Crippen molar-refractivity contribution in [3.8, 4) is 0 Å². The van der Waals surface area contributed by atoms with E-state index in [1.165, 1.54) is 0 Å². The fourth-order valence-electron chi connectivity index (χ4n) is 3.02. The molecule has 2 rings (SSSR count). The Bertz CT molecular complexity index is 696. The van der Waals surface area contributed by atoms with E-state index in [0.717, 1.165) is 56.4 Å². The average Bonchev–Trinajstić information content (AvgIpc) is 2.70. The van der Waals surface area contributed by atoms with E-state index in [2.05, 4.69) is 15.5 Å². The summed E-state index contributed by atoms with van der Waals surface area (Å²) >= 11 is 0. The number of hydrogen-bond donors (Lipinski definition) is 2. The van der Waals surface area contributed by atoms with Crippen molar-refractivity contribution in [2.45, 2.75) is 40.7 Å². The Morgan fingerprint density at radius 2 is 1.82 bits per heavy atom.